The maximum absolute atomic E-state index is 12.0. The average Bonchev–Trinajstić information content (AvgIpc) is 2.84. The first-order valence-electron chi connectivity index (χ1n) is 6.34. The number of aryl methyl sites for hydroxylation is 2. The Morgan fingerprint density at radius 3 is 2.50 bits per heavy atom. The summed E-state index contributed by atoms with van der Waals surface area (Å²) in [5.41, 5.74) is 2.67. The van der Waals surface area contributed by atoms with Crippen molar-refractivity contribution in [1.82, 2.24) is 5.32 Å². The zero-order valence-corrected chi connectivity index (χ0v) is 10.8. The Hall–Kier alpha value is -2.37. The highest BCUT2D eigenvalue weighted by Gasteiger charge is 2.24. The van der Waals surface area contributed by atoms with Gasteiger partial charge < -0.3 is 15.5 Å². The van der Waals surface area contributed by atoms with Gasteiger partial charge in [0.25, 0.3) is 5.91 Å². The zero-order valence-electron chi connectivity index (χ0n) is 10.8. The van der Waals surface area contributed by atoms with Gasteiger partial charge in [0.1, 0.15) is 6.04 Å². The molecule has 1 amide bonds. The quantitative estimate of drug-likeness (QED) is 0.739. The molecule has 0 radical (unpaired) electrons. The third kappa shape index (κ3) is 3.14. The predicted molar refractivity (Wildman–Crippen MR) is 69.6 cm³/mol. The van der Waals surface area contributed by atoms with Gasteiger partial charge in [-0.25, -0.2) is 4.79 Å². The molecule has 0 aliphatic heterocycles. The van der Waals surface area contributed by atoms with Crippen LogP contribution in [0.1, 0.15) is 34.3 Å². The van der Waals surface area contributed by atoms with Crippen LogP contribution in [0.25, 0.3) is 0 Å². The van der Waals surface area contributed by atoms with E-state index in [9.17, 15) is 14.4 Å². The topological polar surface area (TPSA) is 104 Å². The van der Waals surface area contributed by atoms with Crippen molar-refractivity contribution in [3.05, 3.63) is 34.9 Å². The largest absolute Gasteiger partial charge is 0.481 e. The minimum absolute atomic E-state index is 0.363. The van der Waals surface area contributed by atoms with Crippen molar-refractivity contribution >= 4 is 17.8 Å². The van der Waals surface area contributed by atoms with E-state index in [1.807, 2.05) is 6.07 Å². The number of nitrogens with one attached hydrogen (secondary N) is 1. The monoisotopic (exact) mass is 277 g/mol. The molecule has 1 aliphatic rings. The second kappa shape index (κ2) is 5.73. The lowest BCUT2D eigenvalue weighted by molar-refractivity contribution is -0.145. The zero-order chi connectivity index (χ0) is 14.7. The highest BCUT2D eigenvalue weighted by atomic mass is 16.4. The first kappa shape index (κ1) is 14.0. The average molecular weight is 277 g/mol. The Morgan fingerprint density at radius 1 is 1.15 bits per heavy atom. The number of rotatable bonds is 5. The Morgan fingerprint density at radius 2 is 1.85 bits per heavy atom. The van der Waals surface area contributed by atoms with Crippen LogP contribution in [0.2, 0.25) is 0 Å². The molecule has 6 heteroatoms. The van der Waals surface area contributed by atoms with Crippen molar-refractivity contribution in [2.75, 3.05) is 0 Å². The summed E-state index contributed by atoms with van der Waals surface area (Å²) in [7, 11) is 0. The van der Waals surface area contributed by atoms with Gasteiger partial charge >= 0.3 is 11.9 Å². The van der Waals surface area contributed by atoms with E-state index < -0.39 is 30.3 Å². The molecule has 1 aromatic carbocycles. The molecule has 0 spiro atoms. The minimum atomic E-state index is -1.42. The highest BCUT2D eigenvalue weighted by molar-refractivity contribution is 5.97. The lowest BCUT2D eigenvalue weighted by Gasteiger charge is -2.13. The summed E-state index contributed by atoms with van der Waals surface area (Å²) in [4.78, 5) is 33.5. The third-order valence-corrected chi connectivity index (χ3v) is 3.34. The summed E-state index contributed by atoms with van der Waals surface area (Å²) in [6, 6.07) is 3.83. The normalized spacial score (nSPS) is 14.4. The standard InChI is InChI=1S/C14H15NO5/c16-12(17)7-11(14(19)20)15-13(18)10-5-4-8-2-1-3-9(8)6-10/h4-6,11H,1-3,7H2,(H,15,18)(H,16,17)(H,19,20)/t11-/m1/s1. The van der Waals surface area contributed by atoms with Crippen LogP contribution in [-0.2, 0) is 22.4 Å². The minimum Gasteiger partial charge on any atom is -0.481 e. The molecule has 0 aromatic heterocycles. The predicted octanol–water partition coefficient (Wildman–Crippen LogP) is 0.833. The van der Waals surface area contributed by atoms with Gasteiger partial charge in [-0.1, -0.05) is 6.07 Å². The molecule has 6 nitrogen and oxygen atoms in total. The summed E-state index contributed by atoms with van der Waals surface area (Å²) in [5.74, 6) is -3.19. The van der Waals surface area contributed by atoms with E-state index in [1.54, 1.807) is 12.1 Å². The third-order valence-electron chi connectivity index (χ3n) is 3.34. The fraction of sp³-hybridized carbons (Fsp3) is 0.357. The van der Waals surface area contributed by atoms with Crippen molar-refractivity contribution in [3.63, 3.8) is 0 Å². The fourth-order valence-electron chi connectivity index (χ4n) is 2.33. The number of carbonyl (C=O) groups is 3. The molecule has 0 bridgehead atoms. The van der Waals surface area contributed by atoms with Gasteiger partial charge in [0.2, 0.25) is 0 Å². The van der Waals surface area contributed by atoms with Crippen LogP contribution in [-0.4, -0.2) is 34.1 Å². The van der Waals surface area contributed by atoms with E-state index in [4.69, 9.17) is 10.2 Å². The van der Waals surface area contributed by atoms with E-state index in [1.165, 1.54) is 5.56 Å². The molecular weight excluding hydrogens is 262 g/mol. The van der Waals surface area contributed by atoms with Crippen LogP contribution in [0, 0.1) is 0 Å². The smallest absolute Gasteiger partial charge is 0.326 e. The van der Waals surface area contributed by atoms with Crippen LogP contribution >= 0.6 is 0 Å². The number of carbonyl (C=O) groups excluding carboxylic acids is 1. The highest BCUT2D eigenvalue weighted by Crippen LogP contribution is 2.22. The lowest BCUT2D eigenvalue weighted by Crippen LogP contribution is -2.42. The number of aliphatic carboxylic acids is 2. The second-order valence-corrected chi connectivity index (χ2v) is 4.80. The van der Waals surface area contributed by atoms with Crippen molar-refractivity contribution in [1.29, 1.82) is 0 Å². The van der Waals surface area contributed by atoms with Gasteiger partial charge in [0.05, 0.1) is 6.42 Å². The molecule has 0 saturated carbocycles. The van der Waals surface area contributed by atoms with Crippen LogP contribution in [0.4, 0.5) is 0 Å². The first-order chi connectivity index (χ1) is 9.47. The molecular formula is C14H15NO5. The number of hydrogen-bond donors (Lipinski definition) is 3. The Bertz CT molecular complexity index is 567. The number of carboxylic acids is 2. The molecule has 0 saturated heterocycles. The van der Waals surface area contributed by atoms with E-state index in [0.29, 0.717) is 5.56 Å². The molecule has 2 rings (SSSR count). The Kier molecular flexibility index (Phi) is 4.02. The number of carboxylic acid groups (broad SMARTS) is 2. The Balaban J connectivity index is 2.10. The Labute approximate surface area is 115 Å². The summed E-state index contributed by atoms with van der Waals surface area (Å²) < 4.78 is 0. The van der Waals surface area contributed by atoms with Gasteiger partial charge in [-0.3, -0.25) is 9.59 Å². The van der Waals surface area contributed by atoms with Gasteiger partial charge in [-0.15, -0.1) is 0 Å². The van der Waals surface area contributed by atoms with Gasteiger partial charge in [0, 0.05) is 5.56 Å². The van der Waals surface area contributed by atoms with Crippen molar-refractivity contribution in [3.8, 4) is 0 Å². The molecule has 1 aliphatic carbocycles. The van der Waals surface area contributed by atoms with Crippen molar-refractivity contribution in [2.45, 2.75) is 31.7 Å². The summed E-state index contributed by atoms with van der Waals surface area (Å²) in [6.45, 7) is 0. The van der Waals surface area contributed by atoms with E-state index in [-0.39, 0.29) is 0 Å². The maximum Gasteiger partial charge on any atom is 0.326 e. The summed E-state index contributed by atoms with van der Waals surface area (Å²) >= 11 is 0. The van der Waals surface area contributed by atoms with Crippen LogP contribution < -0.4 is 5.32 Å². The van der Waals surface area contributed by atoms with Crippen molar-refractivity contribution in [2.24, 2.45) is 0 Å². The summed E-state index contributed by atoms with van der Waals surface area (Å²) in [5, 5.41) is 19.8. The molecule has 0 fully saturated rings. The number of amides is 1. The van der Waals surface area contributed by atoms with Crippen LogP contribution in [0.5, 0.6) is 0 Å². The molecule has 1 aromatic rings. The number of hydrogen-bond acceptors (Lipinski definition) is 3. The van der Waals surface area contributed by atoms with Gasteiger partial charge in [0.15, 0.2) is 0 Å². The fourth-order valence-corrected chi connectivity index (χ4v) is 2.33. The van der Waals surface area contributed by atoms with Crippen LogP contribution in [0.15, 0.2) is 18.2 Å². The molecule has 0 heterocycles. The van der Waals surface area contributed by atoms with E-state index >= 15 is 0 Å². The second-order valence-electron chi connectivity index (χ2n) is 4.80. The molecule has 106 valence electrons. The first-order valence-corrected chi connectivity index (χ1v) is 6.34. The van der Waals surface area contributed by atoms with Gasteiger partial charge in [-0.2, -0.15) is 0 Å². The van der Waals surface area contributed by atoms with E-state index in [0.717, 1.165) is 24.8 Å². The van der Waals surface area contributed by atoms with E-state index in [2.05, 4.69) is 5.32 Å². The van der Waals surface area contributed by atoms with Gasteiger partial charge in [-0.05, 0) is 42.5 Å². The summed E-state index contributed by atoms with van der Waals surface area (Å²) in [6.07, 6.45) is 2.31. The SMILES string of the molecule is O=C(O)C[C@@H](NC(=O)c1ccc2c(c1)CCC2)C(=O)O. The molecule has 20 heavy (non-hydrogen) atoms. The maximum atomic E-state index is 12.0. The molecule has 3 N–H and O–H groups in total. The van der Waals surface area contributed by atoms with Crippen molar-refractivity contribution < 1.29 is 24.6 Å². The molecule has 0 unspecified atom stereocenters. The lowest BCUT2D eigenvalue weighted by atomic mass is 10.1. The number of fused-ring (bicyclic) bond motifs is 1. The number of benzene rings is 1. The van der Waals surface area contributed by atoms with Crippen LogP contribution in [0.3, 0.4) is 0 Å². The molecule has 1 atom stereocenters.